The number of likely N-dealkylation sites (N-methyl/N-ethyl adjacent to an activating group) is 1. The van der Waals surface area contributed by atoms with Gasteiger partial charge in [-0.3, -0.25) is 0 Å². The molecule has 0 spiro atoms. The standard InChI is InChI=1S/C16H30N2O2/c1-4-6-13-9-10-18(11-13)12-16(17-3,14-7-8-14)15(19)20-5-2/h13-14,17H,4-12H2,1-3H3. The number of carbonyl (C=O) groups is 1. The van der Waals surface area contributed by atoms with Crippen LogP contribution in [0.1, 0.15) is 46.0 Å². The summed E-state index contributed by atoms with van der Waals surface area (Å²) in [5.41, 5.74) is -0.475. The van der Waals surface area contributed by atoms with E-state index in [1.54, 1.807) is 0 Å². The van der Waals surface area contributed by atoms with Crippen LogP contribution in [0.5, 0.6) is 0 Å². The van der Waals surface area contributed by atoms with E-state index in [2.05, 4.69) is 17.1 Å². The zero-order chi connectivity index (χ0) is 14.6. The van der Waals surface area contributed by atoms with Crippen molar-refractivity contribution in [3.63, 3.8) is 0 Å². The largest absolute Gasteiger partial charge is 0.465 e. The Balaban J connectivity index is 1.99. The van der Waals surface area contributed by atoms with Gasteiger partial charge < -0.3 is 15.0 Å². The minimum atomic E-state index is -0.475. The second-order valence-electron chi connectivity index (χ2n) is 6.39. The van der Waals surface area contributed by atoms with Crippen molar-refractivity contribution in [2.75, 3.05) is 33.3 Å². The molecular weight excluding hydrogens is 252 g/mol. The molecule has 116 valence electrons. The second kappa shape index (κ2) is 6.90. The Labute approximate surface area is 123 Å². The van der Waals surface area contributed by atoms with Gasteiger partial charge in [0.05, 0.1) is 6.61 Å². The average molecular weight is 282 g/mol. The molecule has 4 heteroatoms. The van der Waals surface area contributed by atoms with E-state index < -0.39 is 5.54 Å². The highest BCUT2D eigenvalue weighted by molar-refractivity contribution is 5.82. The Morgan fingerprint density at radius 2 is 2.10 bits per heavy atom. The van der Waals surface area contributed by atoms with Crippen LogP contribution < -0.4 is 5.32 Å². The van der Waals surface area contributed by atoms with E-state index in [0.29, 0.717) is 12.5 Å². The fourth-order valence-electron chi connectivity index (χ4n) is 3.63. The molecule has 1 aliphatic carbocycles. The molecule has 1 N–H and O–H groups in total. The maximum atomic E-state index is 12.5. The molecule has 2 aliphatic rings. The van der Waals surface area contributed by atoms with Gasteiger partial charge in [-0.2, -0.15) is 0 Å². The molecule has 2 rings (SSSR count). The number of carbonyl (C=O) groups excluding carboxylic acids is 1. The number of nitrogens with one attached hydrogen (secondary N) is 1. The molecule has 1 heterocycles. The van der Waals surface area contributed by atoms with E-state index in [4.69, 9.17) is 4.74 Å². The van der Waals surface area contributed by atoms with Crippen LogP contribution in [0.15, 0.2) is 0 Å². The van der Waals surface area contributed by atoms with Crippen LogP contribution in [0.4, 0.5) is 0 Å². The van der Waals surface area contributed by atoms with Crippen molar-refractivity contribution in [3.05, 3.63) is 0 Å². The third kappa shape index (κ3) is 3.34. The van der Waals surface area contributed by atoms with Gasteiger partial charge in [-0.1, -0.05) is 13.3 Å². The molecule has 0 aromatic carbocycles. The molecule has 0 amide bonds. The van der Waals surface area contributed by atoms with Crippen LogP contribution in [0, 0.1) is 11.8 Å². The summed E-state index contributed by atoms with van der Waals surface area (Å²) in [5, 5.41) is 3.32. The van der Waals surface area contributed by atoms with Crippen molar-refractivity contribution in [3.8, 4) is 0 Å². The van der Waals surface area contributed by atoms with Crippen LogP contribution in [0.3, 0.4) is 0 Å². The third-order valence-electron chi connectivity index (χ3n) is 4.90. The van der Waals surface area contributed by atoms with Crippen LogP contribution in [0.25, 0.3) is 0 Å². The number of ether oxygens (including phenoxy) is 1. The van der Waals surface area contributed by atoms with Crippen molar-refractivity contribution in [1.29, 1.82) is 0 Å². The van der Waals surface area contributed by atoms with E-state index in [0.717, 1.165) is 38.4 Å². The highest BCUT2D eigenvalue weighted by Crippen LogP contribution is 2.41. The second-order valence-corrected chi connectivity index (χ2v) is 6.39. The molecule has 2 unspecified atom stereocenters. The fraction of sp³-hybridized carbons (Fsp3) is 0.938. The number of likely N-dealkylation sites (tertiary alicyclic amines) is 1. The summed E-state index contributed by atoms with van der Waals surface area (Å²) in [6, 6.07) is 0. The van der Waals surface area contributed by atoms with Crippen molar-refractivity contribution < 1.29 is 9.53 Å². The lowest BCUT2D eigenvalue weighted by Crippen LogP contribution is -2.60. The number of rotatable bonds is 8. The van der Waals surface area contributed by atoms with Crippen LogP contribution in [-0.4, -0.2) is 49.7 Å². The lowest BCUT2D eigenvalue weighted by Gasteiger charge is -2.35. The maximum absolute atomic E-state index is 12.5. The van der Waals surface area contributed by atoms with Gasteiger partial charge in [0.15, 0.2) is 0 Å². The van der Waals surface area contributed by atoms with Gasteiger partial charge in [0, 0.05) is 13.1 Å². The SMILES string of the molecule is CCCC1CCN(CC(NC)(C(=O)OCC)C2CC2)C1. The quantitative estimate of drug-likeness (QED) is 0.692. The first-order valence-electron chi connectivity index (χ1n) is 8.24. The fourth-order valence-corrected chi connectivity index (χ4v) is 3.63. The predicted octanol–water partition coefficient (Wildman–Crippen LogP) is 2.04. The predicted molar refractivity (Wildman–Crippen MR) is 80.6 cm³/mol. The molecule has 4 nitrogen and oxygen atoms in total. The van der Waals surface area contributed by atoms with E-state index in [1.807, 2.05) is 14.0 Å². The summed E-state index contributed by atoms with van der Waals surface area (Å²) < 4.78 is 5.36. The van der Waals surface area contributed by atoms with Gasteiger partial charge in [-0.25, -0.2) is 4.79 Å². The molecule has 0 aromatic heterocycles. The Hall–Kier alpha value is -0.610. The zero-order valence-electron chi connectivity index (χ0n) is 13.3. The molecule has 0 aromatic rings. The zero-order valence-corrected chi connectivity index (χ0v) is 13.3. The Morgan fingerprint density at radius 3 is 2.65 bits per heavy atom. The minimum absolute atomic E-state index is 0.0519. The monoisotopic (exact) mass is 282 g/mol. The Morgan fingerprint density at radius 1 is 1.35 bits per heavy atom. The summed E-state index contributed by atoms with van der Waals surface area (Å²) in [4.78, 5) is 14.9. The number of hydrogen-bond acceptors (Lipinski definition) is 4. The Kier molecular flexibility index (Phi) is 5.44. The van der Waals surface area contributed by atoms with Gasteiger partial charge in [0.1, 0.15) is 5.54 Å². The third-order valence-corrected chi connectivity index (χ3v) is 4.90. The first-order chi connectivity index (χ1) is 9.66. The normalized spacial score (nSPS) is 26.4. The highest BCUT2D eigenvalue weighted by Gasteiger charge is 2.52. The molecule has 2 atom stereocenters. The summed E-state index contributed by atoms with van der Waals surface area (Å²) in [5.74, 6) is 1.22. The van der Waals surface area contributed by atoms with Gasteiger partial charge in [-0.05, 0) is 58.0 Å². The van der Waals surface area contributed by atoms with Gasteiger partial charge in [0.2, 0.25) is 0 Å². The number of nitrogens with zero attached hydrogens (tertiary/aromatic N) is 1. The molecule has 2 fully saturated rings. The van der Waals surface area contributed by atoms with Crippen molar-refractivity contribution in [2.45, 2.75) is 51.5 Å². The van der Waals surface area contributed by atoms with Crippen LogP contribution in [-0.2, 0) is 9.53 Å². The Bertz CT molecular complexity index is 330. The van der Waals surface area contributed by atoms with Crippen molar-refractivity contribution in [1.82, 2.24) is 10.2 Å². The number of hydrogen-bond donors (Lipinski definition) is 1. The average Bonchev–Trinajstić information content (AvgIpc) is 3.19. The van der Waals surface area contributed by atoms with E-state index in [-0.39, 0.29) is 5.97 Å². The first kappa shape index (κ1) is 15.8. The lowest BCUT2D eigenvalue weighted by molar-refractivity contribution is -0.153. The van der Waals surface area contributed by atoms with Gasteiger partial charge >= 0.3 is 5.97 Å². The van der Waals surface area contributed by atoms with Crippen LogP contribution in [0.2, 0.25) is 0 Å². The molecule has 1 aliphatic heterocycles. The summed E-state index contributed by atoms with van der Waals surface area (Å²) >= 11 is 0. The topological polar surface area (TPSA) is 41.6 Å². The number of esters is 1. The summed E-state index contributed by atoms with van der Waals surface area (Å²) in [7, 11) is 1.91. The molecule has 0 radical (unpaired) electrons. The van der Waals surface area contributed by atoms with E-state index in [1.165, 1.54) is 19.3 Å². The highest BCUT2D eigenvalue weighted by atomic mass is 16.5. The van der Waals surface area contributed by atoms with Gasteiger partial charge in [0.25, 0.3) is 0 Å². The minimum Gasteiger partial charge on any atom is -0.465 e. The van der Waals surface area contributed by atoms with Crippen LogP contribution >= 0.6 is 0 Å². The molecule has 20 heavy (non-hydrogen) atoms. The van der Waals surface area contributed by atoms with Crippen molar-refractivity contribution in [2.24, 2.45) is 11.8 Å². The lowest BCUT2D eigenvalue weighted by atomic mass is 9.92. The van der Waals surface area contributed by atoms with E-state index >= 15 is 0 Å². The van der Waals surface area contributed by atoms with E-state index in [9.17, 15) is 4.79 Å². The maximum Gasteiger partial charge on any atom is 0.327 e. The molecule has 1 saturated carbocycles. The van der Waals surface area contributed by atoms with Crippen molar-refractivity contribution >= 4 is 5.97 Å². The first-order valence-corrected chi connectivity index (χ1v) is 8.24. The van der Waals surface area contributed by atoms with Gasteiger partial charge in [-0.15, -0.1) is 0 Å². The molecule has 1 saturated heterocycles. The smallest absolute Gasteiger partial charge is 0.327 e. The summed E-state index contributed by atoms with van der Waals surface area (Å²) in [6.45, 7) is 7.69. The molecular formula is C16H30N2O2. The molecule has 0 bridgehead atoms. The summed E-state index contributed by atoms with van der Waals surface area (Å²) in [6.07, 6.45) is 6.14.